The Balaban J connectivity index is 1.87. The van der Waals surface area contributed by atoms with Gasteiger partial charge in [0, 0.05) is 32.7 Å². The number of esters is 1. The van der Waals surface area contributed by atoms with Crippen LogP contribution in [0.5, 0.6) is 0 Å². The second-order valence-corrected chi connectivity index (χ2v) is 6.20. The van der Waals surface area contributed by atoms with E-state index < -0.39 is 5.97 Å². The number of carbonyl (C=O) groups excluding carboxylic acids is 4. The van der Waals surface area contributed by atoms with E-state index in [1.807, 2.05) is 0 Å². The Morgan fingerprint density at radius 2 is 1.67 bits per heavy atom. The fraction of sp³-hybridized carbons (Fsp3) is 0.474. The van der Waals surface area contributed by atoms with Gasteiger partial charge in [-0.1, -0.05) is 12.1 Å². The van der Waals surface area contributed by atoms with Gasteiger partial charge >= 0.3 is 5.97 Å². The minimum absolute atomic E-state index is 0.0585. The van der Waals surface area contributed by atoms with Crippen LogP contribution in [0.15, 0.2) is 24.3 Å². The molecule has 0 unspecified atom stereocenters. The molecule has 0 atom stereocenters. The van der Waals surface area contributed by atoms with E-state index in [9.17, 15) is 19.2 Å². The first-order valence-corrected chi connectivity index (χ1v) is 8.90. The molecule has 3 amide bonds. The third-order valence-electron chi connectivity index (χ3n) is 4.40. The number of hydrogen-bond acceptors (Lipinski definition) is 6. The van der Waals surface area contributed by atoms with Crippen molar-refractivity contribution in [3.8, 4) is 0 Å². The number of benzene rings is 1. The van der Waals surface area contributed by atoms with Crippen LogP contribution in [-0.2, 0) is 14.3 Å². The zero-order valence-corrected chi connectivity index (χ0v) is 15.3. The average Bonchev–Trinajstić information content (AvgIpc) is 2.92. The lowest BCUT2D eigenvalue weighted by atomic mass is 10.1. The minimum atomic E-state index is -0.414. The highest BCUT2D eigenvalue weighted by molar-refractivity contribution is 6.21. The monoisotopic (exact) mass is 376 g/mol. The molecule has 1 aliphatic heterocycles. The normalized spacial score (nSPS) is 12.9. The molecule has 1 aliphatic rings. The number of amides is 3. The van der Waals surface area contributed by atoms with Crippen LogP contribution in [0.1, 0.15) is 46.4 Å². The van der Waals surface area contributed by atoms with Gasteiger partial charge in [-0.25, -0.2) is 0 Å². The van der Waals surface area contributed by atoms with Crippen LogP contribution in [-0.4, -0.2) is 71.9 Å². The van der Waals surface area contributed by atoms with Gasteiger partial charge in [0.2, 0.25) is 5.91 Å². The molecule has 0 fully saturated rings. The number of methoxy groups -OCH3 is 1. The molecule has 0 saturated carbocycles. The van der Waals surface area contributed by atoms with Crippen molar-refractivity contribution in [1.29, 1.82) is 0 Å². The predicted octanol–water partition coefficient (Wildman–Crippen LogP) is 0.837. The van der Waals surface area contributed by atoms with Gasteiger partial charge in [-0.15, -0.1) is 0 Å². The van der Waals surface area contributed by atoms with Crippen LogP contribution in [0.4, 0.5) is 0 Å². The summed E-state index contributed by atoms with van der Waals surface area (Å²) in [6, 6.07) is 6.64. The molecular formula is C19H24N2O6. The van der Waals surface area contributed by atoms with Crippen LogP contribution >= 0.6 is 0 Å². The molecule has 1 heterocycles. The first-order valence-electron chi connectivity index (χ1n) is 8.90. The van der Waals surface area contributed by atoms with Gasteiger partial charge in [-0.05, 0) is 25.0 Å². The molecule has 0 aliphatic carbocycles. The first-order chi connectivity index (χ1) is 13.0. The van der Waals surface area contributed by atoms with Crippen LogP contribution in [0.2, 0.25) is 0 Å². The molecule has 1 N–H and O–H groups in total. The summed E-state index contributed by atoms with van der Waals surface area (Å²) in [5.41, 5.74) is 0.771. The summed E-state index contributed by atoms with van der Waals surface area (Å²) < 4.78 is 4.58. The van der Waals surface area contributed by atoms with Gasteiger partial charge in [-0.2, -0.15) is 0 Å². The van der Waals surface area contributed by atoms with E-state index in [-0.39, 0.29) is 50.3 Å². The number of hydrogen-bond donors (Lipinski definition) is 1. The number of ether oxygens (including phenoxy) is 1. The minimum Gasteiger partial charge on any atom is -0.469 e. The van der Waals surface area contributed by atoms with E-state index in [1.54, 1.807) is 24.3 Å². The molecule has 0 bridgehead atoms. The summed E-state index contributed by atoms with van der Waals surface area (Å²) in [5, 5.41) is 8.97. The van der Waals surface area contributed by atoms with Gasteiger partial charge in [0.1, 0.15) is 0 Å². The van der Waals surface area contributed by atoms with Crippen molar-refractivity contribution in [2.24, 2.45) is 0 Å². The van der Waals surface area contributed by atoms with Crippen molar-refractivity contribution in [3.05, 3.63) is 35.4 Å². The van der Waals surface area contributed by atoms with Crippen molar-refractivity contribution >= 4 is 23.7 Å². The fourth-order valence-electron chi connectivity index (χ4n) is 2.94. The molecule has 2 rings (SSSR count). The maximum absolute atomic E-state index is 12.4. The Morgan fingerprint density at radius 1 is 1.04 bits per heavy atom. The molecule has 27 heavy (non-hydrogen) atoms. The maximum Gasteiger partial charge on any atom is 0.307 e. The SMILES string of the molecule is COC(=O)CCN(CCCO)C(=O)CCCN1C(=O)c2ccccc2C1=O. The molecule has 8 heteroatoms. The summed E-state index contributed by atoms with van der Waals surface area (Å²) in [4.78, 5) is 50.9. The third-order valence-corrected chi connectivity index (χ3v) is 4.40. The van der Waals surface area contributed by atoms with E-state index in [4.69, 9.17) is 5.11 Å². The zero-order valence-electron chi connectivity index (χ0n) is 15.3. The van der Waals surface area contributed by atoms with E-state index in [1.165, 1.54) is 12.0 Å². The topological polar surface area (TPSA) is 104 Å². The Bertz CT molecular complexity index is 683. The second kappa shape index (κ2) is 9.82. The molecular weight excluding hydrogens is 352 g/mol. The Morgan fingerprint density at radius 3 is 2.22 bits per heavy atom. The summed E-state index contributed by atoms with van der Waals surface area (Å²) in [5.74, 6) is -1.29. The molecule has 1 aromatic carbocycles. The smallest absolute Gasteiger partial charge is 0.307 e. The molecule has 8 nitrogen and oxygen atoms in total. The highest BCUT2D eigenvalue weighted by Crippen LogP contribution is 2.22. The summed E-state index contributed by atoms with van der Waals surface area (Å²) in [6.07, 6.45) is 0.954. The lowest BCUT2D eigenvalue weighted by Gasteiger charge is -2.22. The van der Waals surface area contributed by atoms with Gasteiger partial charge < -0.3 is 14.7 Å². The Labute approximate surface area is 157 Å². The van der Waals surface area contributed by atoms with Gasteiger partial charge in [0.05, 0.1) is 24.7 Å². The van der Waals surface area contributed by atoms with Gasteiger partial charge in [0.15, 0.2) is 0 Å². The third kappa shape index (κ3) is 5.13. The first kappa shape index (κ1) is 20.6. The van der Waals surface area contributed by atoms with Crippen molar-refractivity contribution in [2.45, 2.75) is 25.7 Å². The largest absolute Gasteiger partial charge is 0.469 e. The number of rotatable bonds is 10. The number of nitrogens with zero attached hydrogens (tertiary/aromatic N) is 2. The summed E-state index contributed by atoms with van der Waals surface area (Å²) in [6.45, 7) is 0.637. The van der Waals surface area contributed by atoms with Crippen molar-refractivity contribution in [3.63, 3.8) is 0 Å². The van der Waals surface area contributed by atoms with E-state index in [0.29, 0.717) is 30.5 Å². The molecule has 1 aromatic rings. The fourth-order valence-corrected chi connectivity index (χ4v) is 2.94. The number of fused-ring (bicyclic) bond motifs is 1. The van der Waals surface area contributed by atoms with Crippen molar-refractivity contribution in [2.75, 3.05) is 33.4 Å². The molecule has 0 aromatic heterocycles. The molecule has 146 valence electrons. The molecule has 0 radical (unpaired) electrons. The highest BCUT2D eigenvalue weighted by atomic mass is 16.5. The molecule has 0 spiro atoms. The number of carbonyl (C=O) groups is 4. The van der Waals surface area contributed by atoms with Crippen molar-refractivity contribution in [1.82, 2.24) is 9.80 Å². The molecule has 0 saturated heterocycles. The van der Waals surface area contributed by atoms with Crippen LogP contribution in [0.25, 0.3) is 0 Å². The standard InChI is InChI=1S/C19H24N2O6/c1-27-17(24)9-12-20(10-5-13-22)16(23)8-4-11-21-18(25)14-6-2-3-7-15(14)19(21)26/h2-3,6-7,22H,4-5,8-13H2,1H3. The van der Waals surface area contributed by atoms with E-state index >= 15 is 0 Å². The lowest BCUT2D eigenvalue weighted by Crippen LogP contribution is -2.36. The number of imide groups is 1. The predicted molar refractivity (Wildman–Crippen MR) is 96.0 cm³/mol. The van der Waals surface area contributed by atoms with Crippen LogP contribution < -0.4 is 0 Å². The summed E-state index contributed by atoms with van der Waals surface area (Å²) >= 11 is 0. The average molecular weight is 376 g/mol. The van der Waals surface area contributed by atoms with Crippen molar-refractivity contribution < 1.29 is 29.0 Å². The van der Waals surface area contributed by atoms with E-state index in [0.717, 1.165) is 4.90 Å². The maximum atomic E-state index is 12.4. The Kier molecular flexibility index (Phi) is 7.48. The second-order valence-electron chi connectivity index (χ2n) is 6.20. The van der Waals surface area contributed by atoms with Crippen LogP contribution in [0.3, 0.4) is 0 Å². The van der Waals surface area contributed by atoms with Crippen LogP contribution in [0, 0.1) is 0 Å². The zero-order chi connectivity index (χ0) is 19.8. The lowest BCUT2D eigenvalue weighted by molar-refractivity contribution is -0.141. The number of aliphatic hydroxyl groups excluding tert-OH is 1. The van der Waals surface area contributed by atoms with Gasteiger partial charge in [-0.3, -0.25) is 24.1 Å². The highest BCUT2D eigenvalue weighted by Gasteiger charge is 2.34. The number of aliphatic hydroxyl groups is 1. The van der Waals surface area contributed by atoms with E-state index in [2.05, 4.69) is 4.74 Å². The quantitative estimate of drug-likeness (QED) is 0.479. The summed E-state index contributed by atoms with van der Waals surface area (Å²) in [7, 11) is 1.28. The Hall–Kier alpha value is -2.74. The van der Waals surface area contributed by atoms with Gasteiger partial charge in [0.25, 0.3) is 11.8 Å².